The van der Waals surface area contributed by atoms with E-state index in [1.807, 2.05) is 0 Å². The molecule has 2 aromatic heterocycles. The smallest absolute Gasteiger partial charge is 0.227 e. The van der Waals surface area contributed by atoms with Crippen LogP contribution in [0.25, 0.3) is 0 Å². The van der Waals surface area contributed by atoms with E-state index in [0.717, 1.165) is 0 Å². The lowest BCUT2D eigenvalue weighted by atomic mass is 10.4. The maximum Gasteiger partial charge on any atom is 0.227 e. The second-order valence-corrected chi connectivity index (χ2v) is 3.61. The Hall–Kier alpha value is -1.69. The SMILES string of the molecule is Fc1ncccc1Br.Nc1cccnc1N. The van der Waals surface area contributed by atoms with Gasteiger partial charge in [0.25, 0.3) is 0 Å². The standard InChI is InChI=1S/C5H3BrFN.C5H7N3/c2*6-4-2-1-3-8-5(4)7/h1-3H;1-3H,6H2,(H2,7,8). The number of anilines is 2. The average Bonchev–Trinajstić information content (AvgIpc) is 2.28. The van der Waals surface area contributed by atoms with Gasteiger partial charge in [0.15, 0.2) is 0 Å². The molecule has 0 unspecified atom stereocenters. The number of pyridine rings is 2. The zero-order chi connectivity index (χ0) is 12.0. The molecule has 0 aromatic carbocycles. The van der Waals surface area contributed by atoms with Gasteiger partial charge in [-0.1, -0.05) is 0 Å². The summed E-state index contributed by atoms with van der Waals surface area (Å²) < 4.78 is 12.6. The minimum Gasteiger partial charge on any atom is -0.396 e. The zero-order valence-corrected chi connectivity index (χ0v) is 9.86. The molecule has 2 rings (SSSR count). The Morgan fingerprint density at radius 3 is 2.06 bits per heavy atom. The lowest BCUT2D eigenvalue weighted by Crippen LogP contribution is -1.95. The molecule has 4 nitrogen and oxygen atoms in total. The summed E-state index contributed by atoms with van der Waals surface area (Å²) in [7, 11) is 0. The topological polar surface area (TPSA) is 77.8 Å². The van der Waals surface area contributed by atoms with Crippen molar-refractivity contribution < 1.29 is 4.39 Å². The highest BCUT2D eigenvalue weighted by molar-refractivity contribution is 9.10. The fourth-order valence-electron chi connectivity index (χ4n) is 0.796. The normalized spacial score (nSPS) is 9.12. The number of nitrogens with two attached hydrogens (primary N) is 2. The molecule has 16 heavy (non-hydrogen) atoms. The number of halogens is 2. The van der Waals surface area contributed by atoms with Crippen LogP contribution < -0.4 is 11.5 Å². The number of hydrogen-bond acceptors (Lipinski definition) is 4. The Morgan fingerprint density at radius 1 is 1.06 bits per heavy atom. The summed E-state index contributed by atoms with van der Waals surface area (Å²) in [5, 5.41) is 0. The van der Waals surface area contributed by atoms with Gasteiger partial charge in [0.05, 0.1) is 10.2 Å². The first-order valence-corrected chi connectivity index (χ1v) is 5.12. The molecule has 4 N–H and O–H groups in total. The van der Waals surface area contributed by atoms with Gasteiger partial charge in [-0.3, -0.25) is 0 Å². The summed E-state index contributed by atoms with van der Waals surface area (Å²) in [6.07, 6.45) is 3.01. The van der Waals surface area contributed by atoms with E-state index in [1.165, 1.54) is 6.20 Å². The molecule has 0 aliphatic rings. The van der Waals surface area contributed by atoms with E-state index in [2.05, 4.69) is 25.9 Å². The van der Waals surface area contributed by atoms with Crippen LogP contribution in [0, 0.1) is 5.95 Å². The van der Waals surface area contributed by atoms with Gasteiger partial charge in [0.1, 0.15) is 5.82 Å². The Bertz CT molecular complexity index is 379. The number of aromatic nitrogens is 2. The van der Waals surface area contributed by atoms with Crippen molar-refractivity contribution in [2.24, 2.45) is 0 Å². The van der Waals surface area contributed by atoms with Crippen molar-refractivity contribution in [1.82, 2.24) is 9.97 Å². The van der Waals surface area contributed by atoms with Crippen molar-refractivity contribution in [1.29, 1.82) is 0 Å². The van der Waals surface area contributed by atoms with Crippen LogP contribution in [0.15, 0.2) is 41.1 Å². The van der Waals surface area contributed by atoms with Crippen molar-refractivity contribution in [3.05, 3.63) is 47.1 Å². The van der Waals surface area contributed by atoms with Crippen LogP contribution in [-0.4, -0.2) is 9.97 Å². The van der Waals surface area contributed by atoms with Crippen LogP contribution in [0.3, 0.4) is 0 Å². The van der Waals surface area contributed by atoms with Crippen molar-refractivity contribution in [3.63, 3.8) is 0 Å². The summed E-state index contributed by atoms with van der Waals surface area (Å²) in [4.78, 5) is 7.10. The Kier molecular flexibility index (Phi) is 4.65. The maximum atomic E-state index is 12.2. The van der Waals surface area contributed by atoms with Crippen LogP contribution in [-0.2, 0) is 0 Å². The van der Waals surface area contributed by atoms with Gasteiger partial charge >= 0.3 is 0 Å². The predicted octanol–water partition coefficient (Wildman–Crippen LogP) is 2.23. The Morgan fingerprint density at radius 2 is 1.69 bits per heavy atom. The maximum absolute atomic E-state index is 12.2. The van der Waals surface area contributed by atoms with Crippen LogP contribution >= 0.6 is 15.9 Å². The summed E-state index contributed by atoms with van der Waals surface area (Å²) >= 11 is 2.96. The van der Waals surface area contributed by atoms with Crippen molar-refractivity contribution in [2.45, 2.75) is 0 Å². The zero-order valence-electron chi connectivity index (χ0n) is 8.27. The van der Waals surface area contributed by atoms with Gasteiger partial charge in [-0.15, -0.1) is 0 Å². The van der Waals surface area contributed by atoms with E-state index < -0.39 is 5.95 Å². The van der Waals surface area contributed by atoms with Gasteiger partial charge in [0.2, 0.25) is 5.95 Å². The van der Waals surface area contributed by atoms with E-state index in [9.17, 15) is 4.39 Å². The molecule has 0 atom stereocenters. The highest BCUT2D eigenvalue weighted by Gasteiger charge is 1.92. The van der Waals surface area contributed by atoms with Crippen molar-refractivity contribution in [2.75, 3.05) is 11.5 Å². The van der Waals surface area contributed by atoms with Crippen molar-refractivity contribution >= 4 is 27.4 Å². The molecule has 0 radical (unpaired) electrons. The first-order chi connectivity index (χ1) is 7.61. The molecule has 0 aliphatic heterocycles. The van der Waals surface area contributed by atoms with E-state index in [1.54, 1.807) is 30.5 Å². The fourth-order valence-corrected chi connectivity index (χ4v) is 1.05. The van der Waals surface area contributed by atoms with Gasteiger partial charge in [0, 0.05) is 12.4 Å². The third kappa shape index (κ3) is 3.82. The fraction of sp³-hybridized carbons (Fsp3) is 0. The first kappa shape index (κ1) is 12.4. The second-order valence-electron chi connectivity index (χ2n) is 2.75. The molecule has 6 heteroatoms. The van der Waals surface area contributed by atoms with Crippen LogP contribution in [0.4, 0.5) is 15.9 Å². The van der Waals surface area contributed by atoms with E-state index in [0.29, 0.717) is 16.0 Å². The molecular formula is C10H10BrFN4. The van der Waals surface area contributed by atoms with Gasteiger partial charge in [-0.2, -0.15) is 4.39 Å². The lowest BCUT2D eigenvalue weighted by molar-refractivity contribution is 0.577. The van der Waals surface area contributed by atoms with E-state index in [-0.39, 0.29) is 0 Å². The first-order valence-electron chi connectivity index (χ1n) is 4.33. The third-order valence-corrected chi connectivity index (χ3v) is 2.18. The summed E-state index contributed by atoms with van der Waals surface area (Å²) in [6, 6.07) is 6.71. The summed E-state index contributed by atoms with van der Waals surface area (Å²) in [5.41, 5.74) is 11.2. The number of rotatable bonds is 0. The lowest BCUT2D eigenvalue weighted by Gasteiger charge is -1.92. The van der Waals surface area contributed by atoms with Gasteiger partial charge in [-0.25, -0.2) is 9.97 Å². The minimum atomic E-state index is -0.465. The van der Waals surface area contributed by atoms with E-state index >= 15 is 0 Å². The third-order valence-electron chi connectivity index (χ3n) is 1.58. The van der Waals surface area contributed by atoms with Crippen LogP contribution in [0.2, 0.25) is 0 Å². The predicted molar refractivity (Wildman–Crippen MR) is 65.0 cm³/mol. The molecule has 0 fully saturated rings. The summed E-state index contributed by atoms with van der Waals surface area (Å²) in [6.45, 7) is 0. The van der Waals surface area contributed by atoms with Gasteiger partial charge < -0.3 is 11.5 Å². The summed E-state index contributed by atoms with van der Waals surface area (Å²) in [5.74, 6) is -0.0694. The molecule has 2 heterocycles. The van der Waals surface area contributed by atoms with Crippen LogP contribution in [0.5, 0.6) is 0 Å². The Balaban J connectivity index is 0.000000160. The molecule has 0 saturated carbocycles. The minimum absolute atomic E-state index is 0.396. The average molecular weight is 285 g/mol. The molecular weight excluding hydrogens is 275 g/mol. The monoisotopic (exact) mass is 284 g/mol. The highest BCUT2D eigenvalue weighted by atomic mass is 79.9. The highest BCUT2D eigenvalue weighted by Crippen LogP contribution is 2.09. The molecule has 0 bridgehead atoms. The number of nitrogen functional groups attached to an aromatic ring is 2. The molecule has 0 aliphatic carbocycles. The Labute approximate surface area is 101 Å². The quantitative estimate of drug-likeness (QED) is 0.727. The molecule has 0 amide bonds. The number of hydrogen-bond donors (Lipinski definition) is 2. The van der Waals surface area contributed by atoms with Crippen LogP contribution in [0.1, 0.15) is 0 Å². The van der Waals surface area contributed by atoms with Gasteiger partial charge in [-0.05, 0) is 40.2 Å². The molecule has 2 aromatic rings. The van der Waals surface area contributed by atoms with E-state index in [4.69, 9.17) is 11.5 Å². The molecule has 84 valence electrons. The largest absolute Gasteiger partial charge is 0.396 e. The molecule has 0 saturated heterocycles. The molecule has 0 spiro atoms. The van der Waals surface area contributed by atoms with Crippen molar-refractivity contribution in [3.8, 4) is 0 Å². The second kappa shape index (κ2) is 6.02. The number of nitrogens with zero attached hydrogens (tertiary/aromatic N) is 2.